The molecule has 0 saturated carbocycles. The Bertz CT molecular complexity index is 763. The van der Waals surface area contributed by atoms with Crippen LogP contribution in [-0.4, -0.2) is 19.2 Å². The second-order valence-corrected chi connectivity index (χ2v) is 6.62. The number of halogens is 3. The number of benzene rings is 2. The molecule has 2 aromatic carbocycles. The van der Waals surface area contributed by atoms with Gasteiger partial charge in [-0.05, 0) is 67.3 Å². The average Bonchev–Trinajstić information content (AvgIpc) is 2.57. The van der Waals surface area contributed by atoms with Crippen LogP contribution < -0.4 is 5.32 Å². The Labute approximate surface area is 146 Å². The Morgan fingerprint density at radius 1 is 1.08 bits per heavy atom. The summed E-state index contributed by atoms with van der Waals surface area (Å²) in [6.07, 6.45) is 0.703. The predicted octanol–water partition coefficient (Wildman–Crippen LogP) is 4.38. The minimum absolute atomic E-state index is 0.0769. The SMILES string of the molecule is Cc1cc(F)ccc1C1CNCCC1OCc1cc(F)cc(F)c1C. The zero-order valence-corrected chi connectivity index (χ0v) is 14.4. The molecule has 0 bridgehead atoms. The van der Waals surface area contributed by atoms with Gasteiger partial charge in [-0.25, -0.2) is 13.2 Å². The maximum Gasteiger partial charge on any atom is 0.129 e. The molecular weight excluding hydrogens is 327 g/mol. The summed E-state index contributed by atoms with van der Waals surface area (Å²) in [6.45, 7) is 5.21. The molecule has 1 fully saturated rings. The number of nitrogens with one attached hydrogen (secondary N) is 1. The molecule has 0 radical (unpaired) electrons. The van der Waals surface area contributed by atoms with Gasteiger partial charge in [0.15, 0.2) is 0 Å². The van der Waals surface area contributed by atoms with Crippen LogP contribution in [0.2, 0.25) is 0 Å². The first-order valence-electron chi connectivity index (χ1n) is 8.48. The first-order valence-corrected chi connectivity index (χ1v) is 8.48. The molecule has 3 rings (SSSR count). The molecule has 0 amide bonds. The Balaban J connectivity index is 1.78. The number of hydrogen-bond donors (Lipinski definition) is 1. The lowest BCUT2D eigenvalue weighted by Gasteiger charge is -2.33. The molecule has 134 valence electrons. The molecule has 0 spiro atoms. The van der Waals surface area contributed by atoms with Crippen molar-refractivity contribution in [1.82, 2.24) is 5.32 Å². The van der Waals surface area contributed by atoms with Crippen molar-refractivity contribution in [2.45, 2.75) is 38.9 Å². The topological polar surface area (TPSA) is 21.3 Å². The van der Waals surface area contributed by atoms with Gasteiger partial charge in [-0.3, -0.25) is 0 Å². The summed E-state index contributed by atoms with van der Waals surface area (Å²) >= 11 is 0. The van der Waals surface area contributed by atoms with Crippen LogP contribution >= 0.6 is 0 Å². The maximum absolute atomic E-state index is 13.7. The third kappa shape index (κ3) is 4.05. The highest BCUT2D eigenvalue weighted by Gasteiger charge is 2.28. The van der Waals surface area contributed by atoms with E-state index in [1.54, 1.807) is 13.0 Å². The summed E-state index contributed by atoms with van der Waals surface area (Å²) in [7, 11) is 0. The van der Waals surface area contributed by atoms with E-state index in [1.807, 2.05) is 6.92 Å². The third-order valence-electron chi connectivity index (χ3n) is 4.92. The fraction of sp³-hybridized carbons (Fsp3) is 0.400. The molecule has 1 N–H and O–H groups in total. The van der Waals surface area contributed by atoms with Crippen molar-refractivity contribution in [3.8, 4) is 0 Å². The van der Waals surface area contributed by atoms with Crippen LogP contribution in [-0.2, 0) is 11.3 Å². The molecule has 2 nitrogen and oxygen atoms in total. The molecule has 5 heteroatoms. The minimum atomic E-state index is -0.599. The van der Waals surface area contributed by atoms with Gasteiger partial charge < -0.3 is 10.1 Å². The maximum atomic E-state index is 13.7. The molecule has 2 aromatic rings. The zero-order valence-electron chi connectivity index (χ0n) is 14.4. The summed E-state index contributed by atoms with van der Waals surface area (Å²) in [5.41, 5.74) is 2.85. The smallest absolute Gasteiger partial charge is 0.129 e. The van der Waals surface area contributed by atoms with Crippen LogP contribution in [0.25, 0.3) is 0 Å². The summed E-state index contributed by atoms with van der Waals surface area (Å²) in [5, 5.41) is 3.34. The fourth-order valence-corrected chi connectivity index (χ4v) is 3.45. The van der Waals surface area contributed by atoms with Crippen molar-refractivity contribution >= 4 is 0 Å². The standard InChI is InChI=1S/C20H22F3NO/c1-12-7-15(21)3-4-17(12)18-10-24-6-5-20(18)25-11-14-8-16(22)9-19(23)13(14)2/h3-4,7-9,18,20,24H,5-6,10-11H2,1-2H3. The van der Waals surface area contributed by atoms with Crippen molar-refractivity contribution < 1.29 is 17.9 Å². The molecule has 2 unspecified atom stereocenters. The van der Waals surface area contributed by atoms with Crippen LogP contribution in [0, 0.1) is 31.3 Å². The molecule has 2 atom stereocenters. The molecule has 1 heterocycles. The van der Waals surface area contributed by atoms with Gasteiger partial charge in [0.05, 0.1) is 12.7 Å². The van der Waals surface area contributed by atoms with Crippen molar-refractivity contribution in [2.24, 2.45) is 0 Å². The van der Waals surface area contributed by atoms with Gasteiger partial charge in [-0.15, -0.1) is 0 Å². The Morgan fingerprint density at radius 2 is 1.88 bits per heavy atom. The van der Waals surface area contributed by atoms with Gasteiger partial charge in [0.2, 0.25) is 0 Å². The third-order valence-corrected chi connectivity index (χ3v) is 4.92. The van der Waals surface area contributed by atoms with E-state index in [2.05, 4.69) is 5.32 Å². The van der Waals surface area contributed by atoms with Crippen LogP contribution in [0.1, 0.15) is 34.6 Å². The number of rotatable bonds is 4. The monoisotopic (exact) mass is 349 g/mol. The number of hydrogen-bond acceptors (Lipinski definition) is 2. The van der Waals surface area contributed by atoms with Gasteiger partial charge in [-0.2, -0.15) is 0 Å². The van der Waals surface area contributed by atoms with Crippen LogP contribution in [0.15, 0.2) is 30.3 Å². The predicted molar refractivity (Wildman–Crippen MR) is 91.0 cm³/mol. The van der Waals surface area contributed by atoms with E-state index in [4.69, 9.17) is 4.74 Å². The molecule has 1 saturated heterocycles. The van der Waals surface area contributed by atoms with E-state index in [0.717, 1.165) is 36.7 Å². The first kappa shape index (κ1) is 18.0. The lowest BCUT2D eigenvalue weighted by Crippen LogP contribution is -2.40. The molecule has 0 aliphatic carbocycles. The first-order chi connectivity index (χ1) is 12.0. The number of aryl methyl sites for hydroxylation is 1. The minimum Gasteiger partial charge on any atom is -0.373 e. The fourth-order valence-electron chi connectivity index (χ4n) is 3.45. The molecular formula is C20H22F3NO. The molecule has 1 aliphatic rings. The summed E-state index contributed by atoms with van der Waals surface area (Å²) < 4.78 is 46.6. The van der Waals surface area contributed by atoms with Crippen molar-refractivity contribution in [3.05, 3.63) is 70.0 Å². The van der Waals surface area contributed by atoms with Gasteiger partial charge >= 0.3 is 0 Å². The molecule has 25 heavy (non-hydrogen) atoms. The average molecular weight is 349 g/mol. The van der Waals surface area contributed by atoms with Gasteiger partial charge in [0.25, 0.3) is 0 Å². The second-order valence-electron chi connectivity index (χ2n) is 6.62. The van der Waals surface area contributed by atoms with E-state index in [9.17, 15) is 13.2 Å². The quantitative estimate of drug-likeness (QED) is 0.884. The van der Waals surface area contributed by atoms with Crippen molar-refractivity contribution in [3.63, 3.8) is 0 Å². The Kier molecular flexibility index (Phi) is 5.45. The highest BCUT2D eigenvalue weighted by atomic mass is 19.1. The lowest BCUT2D eigenvalue weighted by atomic mass is 9.86. The summed E-state index contributed by atoms with van der Waals surface area (Å²) in [4.78, 5) is 0. The normalized spacial score (nSPS) is 20.7. The highest BCUT2D eigenvalue weighted by molar-refractivity contribution is 5.32. The van der Waals surface area contributed by atoms with Crippen LogP contribution in [0.5, 0.6) is 0 Å². The van der Waals surface area contributed by atoms with Crippen LogP contribution in [0.4, 0.5) is 13.2 Å². The second kappa shape index (κ2) is 7.58. The van der Waals surface area contributed by atoms with E-state index in [1.165, 1.54) is 18.2 Å². The largest absolute Gasteiger partial charge is 0.373 e. The Hall–Kier alpha value is -1.85. The van der Waals surface area contributed by atoms with Gasteiger partial charge in [-0.1, -0.05) is 6.07 Å². The van der Waals surface area contributed by atoms with Crippen LogP contribution in [0.3, 0.4) is 0 Å². The van der Waals surface area contributed by atoms with Gasteiger partial charge in [0.1, 0.15) is 17.5 Å². The Morgan fingerprint density at radius 3 is 2.64 bits per heavy atom. The summed E-state index contributed by atoms with van der Waals surface area (Å²) in [5.74, 6) is -1.34. The highest BCUT2D eigenvalue weighted by Crippen LogP contribution is 2.30. The van der Waals surface area contributed by atoms with E-state index < -0.39 is 11.6 Å². The summed E-state index contributed by atoms with van der Waals surface area (Å²) in [6, 6.07) is 6.98. The van der Waals surface area contributed by atoms with Crippen molar-refractivity contribution in [1.29, 1.82) is 0 Å². The number of ether oxygens (including phenoxy) is 1. The van der Waals surface area contributed by atoms with Crippen molar-refractivity contribution in [2.75, 3.05) is 13.1 Å². The lowest BCUT2D eigenvalue weighted by molar-refractivity contribution is 0.00634. The van der Waals surface area contributed by atoms with E-state index in [0.29, 0.717) is 11.1 Å². The molecule has 1 aliphatic heterocycles. The zero-order chi connectivity index (χ0) is 18.0. The van der Waals surface area contributed by atoms with E-state index >= 15 is 0 Å². The molecule has 0 aromatic heterocycles. The van der Waals surface area contributed by atoms with Gasteiger partial charge in [0, 0.05) is 18.5 Å². The van der Waals surface area contributed by atoms with E-state index in [-0.39, 0.29) is 24.4 Å². The number of piperidine rings is 1.